The number of hydrogen-bond acceptors (Lipinski definition) is 4. The van der Waals surface area contributed by atoms with Crippen LogP contribution in [0.1, 0.15) is 102 Å². The van der Waals surface area contributed by atoms with E-state index in [1.807, 2.05) is 32.2 Å². The van der Waals surface area contributed by atoms with Crippen LogP contribution in [-0.2, 0) is 4.79 Å². The molecule has 1 fully saturated rings. The van der Waals surface area contributed by atoms with E-state index in [-0.39, 0.29) is 26.3 Å². The van der Waals surface area contributed by atoms with E-state index in [1.165, 1.54) is 24.8 Å². The summed E-state index contributed by atoms with van der Waals surface area (Å²) in [4.78, 5) is 19.8. The highest BCUT2D eigenvalue weighted by molar-refractivity contribution is 5.91. The van der Waals surface area contributed by atoms with E-state index < -0.39 is 0 Å². The fourth-order valence-corrected chi connectivity index (χ4v) is 4.80. The van der Waals surface area contributed by atoms with Crippen molar-refractivity contribution in [2.75, 3.05) is 18.9 Å². The van der Waals surface area contributed by atoms with Crippen molar-refractivity contribution in [1.29, 1.82) is 0 Å². The maximum atomic E-state index is 12.9. The molecule has 2 unspecified atom stereocenters. The van der Waals surface area contributed by atoms with Crippen LogP contribution in [0.25, 0.3) is 0 Å². The minimum atomic E-state index is -0.117. The van der Waals surface area contributed by atoms with Crippen molar-refractivity contribution in [3.63, 3.8) is 0 Å². The van der Waals surface area contributed by atoms with Crippen molar-refractivity contribution in [2.24, 2.45) is 22.2 Å². The normalized spacial score (nSPS) is 21.1. The van der Waals surface area contributed by atoms with Crippen molar-refractivity contribution in [3.8, 4) is 0 Å². The van der Waals surface area contributed by atoms with Crippen molar-refractivity contribution in [3.05, 3.63) is 65.5 Å². The van der Waals surface area contributed by atoms with E-state index in [1.54, 1.807) is 0 Å². The van der Waals surface area contributed by atoms with Gasteiger partial charge in [-0.1, -0.05) is 71.4 Å². The van der Waals surface area contributed by atoms with Crippen LogP contribution in [0.15, 0.2) is 65.0 Å². The smallest absolute Gasteiger partial charge is 0.225 e. The Hall–Kier alpha value is -2.66. The molecule has 0 aliphatic heterocycles. The van der Waals surface area contributed by atoms with Crippen LogP contribution in [0.2, 0.25) is 0 Å². The number of aliphatic imine (C=N–C) groups is 1. The van der Waals surface area contributed by atoms with E-state index in [0.29, 0.717) is 12.3 Å². The molecule has 0 spiro atoms. The van der Waals surface area contributed by atoms with Gasteiger partial charge >= 0.3 is 0 Å². The summed E-state index contributed by atoms with van der Waals surface area (Å²) in [5.41, 5.74) is 4.42. The van der Waals surface area contributed by atoms with Crippen LogP contribution < -0.4 is 10.6 Å². The monoisotopic (exact) mass is 538 g/mol. The van der Waals surface area contributed by atoms with Gasteiger partial charge in [-0.3, -0.25) is 9.79 Å². The summed E-state index contributed by atoms with van der Waals surface area (Å²) in [6, 6.07) is 8.39. The van der Waals surface area contributed by atoms with Gasteiger partial charge in [-0.05, 0) is 80.6 Å². The summed E-state index contributed by atoms with van der Waals surface area (Å²) in [5, 5.41) is 6.75. The highest BCUT2D eigenvalue weighted by Crippen LogP contribution is 2.40. The molecule has 0 saturated heterocycles. The van der Waals surface area contributed by atoms with E-state index in [4.69, 9.17) is 4.99 Å². The molecule has 220 valence electrons. The molecule has 0 aromatic heterocycles. The number of nitrogens with one attached hydrogen (secondary N) is 2. The van der Waals surface area contributed by atoms with Gasteiger partial charge in [-0.2, -0.15) is 0 Å². The zero-order valence-corrected chi connectivity index (χ0v) is 26.1. The van der Waals surface area contributed by atoms with Crippen molar-refractivity contribution in [1.82, 2.24) is 10.2 Å². The number of nitrogens with zero attached hydrogens (tertiary/aromatic N) is 2. The lowest BCUT2D eigenvalue weighted by atomic mass is 9.73. The summed E-state index contributed by atoms with van der Waals surface area (Å²) in [5.74, 6) is 1.18. The number of hydrogen-bond donors (Lipinski definition) is 2. The second-order valence-corrected chi connectivity index (χ2v) is 11.6. The third-order valence-corrected chi connectivity index (χ3v) is 7.70. The predicted octanol–water partition coefficient (Wildman–Crippen LogP) is 8.79. The van der Waals surface area contributed by atoms with Gasteiger partial charge in [-0.25, -0.2) is 0 Å². The molecule has 5 heteroatoms. The number of carbonyl (C=O) groups excluding carboxylic acids is 1. The van der Waals surface area contributed by atoms with Gasteiger partial charge in [0.2, 0.25) is 5.91 Å². The highest BCUT2D eigenvalue weighted by atomic mass is 16.1. The Labute approximate surface area is 241 Å². The Morgan fingerprint density at radius 2 is 1.95 bits per heavy atom. The van der Waals surface area contributed by atoms with E-state index in [2.05, 4.69) is 101 Å². The number of carbonyl (C=O) groups is 1. The summed E-state index contributed by atoms with van der Waals surface area (Å²) in [6.45, 7) is 17.9. The van der Waals surface area contributed by atoms with Crippen LogP contribution in [0, 0.1) is 17.3 Å². The van der Waals surface area contributed by atoms with Gasteiger partial charge < -0.3 is 15.5 Å². The first-order chi connectivity index (χ1) is 18.6. The van der Waals surface area contributed by atoms with Gasteiger partial charge in [0.15, 0.2) is 0 Å². The summed E-state index contributed by atoms with van der Waals surface area (Å²) in [6.07, 6.45) is 16.4. The predicted molar refractivity (Wildman–Crippen MR) is 173 cm³/mol. The summed E-state index contributed by atoms with van der Waals surface area (Å²) >= 11 is 0. The van der Waals surface area contributed by atoms with Crippen molar-refractivity contribution in [2.45, 2.75) is 99.6 Å². The largest absolute Gasteiger partial charge is 0.379 e. The summed E-state index contributed by atoms with van der Waals surface area (Å²) < 4.78 is 0. The second kappa shape index (κ2) is 15.8. The Bertz CT molecular complexity index is 1040. The van der Waals surface area contributed by atoms with Crippen LogP contribution in [0.3, 0.4) is 0 Å². The standard InChI is InChI=1S/C32H48N4O.C2H6.2H2/c1-8-36(7)22-30(23(2)3)33-21-24(4)34-25(5)28-13-10-14-29(19-28)35-31(37)20-32(6)17-15-27(16-18-32)26-11-9-12-26;1-2;;/h10,13-17,19,21-26,34H,8-9,11-12,18,20H2,1-7H3,(H,35,37);1-2H3;2*1H/b30-22+,33-21?;;;/t24?,25-,32?;;;/m0.../s1. The first-order valence-corrected chi connectivity index (χ1v) is 15.1. The maximum Gasteiger partial charge on any atom is 0.225 e. The second-order valence-electron chi connectivity index (χ2n) is 11.6. The molecule has 1 aromatic carbocycles. The molecule has 1 saturated carbocycles. The molecule has 0 heterocycles. The van der Waals surface area contributed by atoms with Gasteiger partial charge in [0.1, 0.15) is 0 Å². The minimum absolute atomic E-state index is 0. The lowest BCUT2D eigenvalue weighted by Gasteiger charge is -2.33. The Balaban J connectivity index is 0.00000391. The zero-order valence-electron chi connectivity index (χ0n) is 26.1. The Kier molecular flexibility index (Phi) is 13.2. The first kappa shape index (κ1) is 32.6. The highest BCUT2D eigenvalue weighted by Gasteiger charge is 2.29. The maximum absolute atomic E-state index is 12.9. The van der Waals surface area contributed by atoms with Gasteiger partial charge in [0.25, 0.3) is 0 Å². The molecule has 39 heavy (non-hydrogen) atoms. The zero-order chi connectivity index (χ0) is 29.0. The quantitative estimate of drug-likeness (QED) is 0.261. The number of rotatable bonds is 12. The lowest BCUT2D eigenvalue weighted by Crippen LogP contribution is -2.30. The van der Waals surface area contributed by atoms with Crippen LogP contribution in [-0.4, -0.2) is 36.7 Å². The fourth-order valence-electron chi connectivity index (χ4n) is 4.80. The lowest BCUT2D eigenvalue weighted by molar-refractivity contribution is -0.117. The molecule has 2 aliphatic rings. The molecular formula is C34H58N4O. The van der Waals surface area contributed by atoms with E-state index in [9.17, 15) is 4.79 Å². The number of amides is 1. The first-order valence-electron chi connectivity index (χ1n) is 15.1. The summed E-state index contributed by atoms with van der Waals surface area (Å²) in [7, 11) is 2.07. The molecule has 1 aromatic rings. The van der Waals surface area contributed by atoms with Crippen LogP contribution >= 0.6 is 0 Å². The van der Waals surface area contributed by atoms with E-state index in [0.717, 1.165) is 35.8 Å². The van der Waals surface area contributed by atoms with Crippen LogP contribution in [0.4, 0.5) is 5.69 Å². The topological polar surface area (TPSA) is 56.7 Å². The Morgan fingerprint density at radius 1 is 1.23 bits per heavy atom. The molecule has 5 nitrogen and oxygen atoms in total. The molecule has 2 aliphatic carbocycles. The molecule has 0 bridgehead atoms. The Morgan fingerprint density at radius 3 is 2.51 bits per heavy atom. The van der Waals surface area contributed by atoms with Crippen molar-refractivity contribution >= 4 is 17.8 Å². The van der Waals surface area contributed by atoms with Gasteiger partial charge in [0, 0.05) is 53.1 Å². The number of allylic oxidation sites excluding steroid dienone is 5. The molecular weight excluding hydrogens is 480 g/mol. The van der Waals surface area contributed by atoms with Gasteiger partial charge in [-0.15, -0.1) is 0 Å². The van der Waals surface area contributed by atoms with Gasteiger partial charge in [0.05, 0.1) is 5.70 Å². The molecule has 0 radical (unpaired) electrons. The number of anilines is 1. The number of benzene rings is 1. The molecule has 1 amide bonds. The van der Waals surface area contributed by atoms with Crippen LogP contribution in [0.5, 0.6) is 0 Å². The SMILES string of the molecule is CC.CCN(C)/C=C(/N=CC(C)N[C@@H](C)c1cccc(NC(=O)CC2(C)C=CC(C3CCC3)=CC2)c1)C(C)C.[HH].[HH]. The molecule has 3 atom stereocenters. The minimum Gasteiger partial charge on any atom is -0.379 e. The molecule has 3 rings (SSSR count). The van der Waals surface area contributed by atoms with E-state index >= 15 is 0 Å². The third-order valence-electron chi connectivity index (χ3n) is 7.70. The fraction of sp³-hybridized carbons (Fsp3) is 0.588. The van der Waals surface area contributed by atoms with Crippen molar-refractivity contribution < 1.29 is 7.65 Å². The average molecular weight is 539 g/mol. The third kappa shape index (κ3) is 10.4. The average Bonchev–Trinajstić information content (AvgIpc) is 2.87. The molecule has 2 N–H and O–H groups in total.